The van der Waals surface area contributed by atoms with E-state index in [-0.39, 0.29) is 33.4 Å². The molecular weight excluding hydrogens is 570 g/mol. The SMILES string of the molecule is COc1cccc(Nc2c(C(N)=O)cnc3c(C)cc(S(=O)(=O)c4cccc(C(=O)N5CCN(CCO)CC5)c4)cc23)c1. The van der Waals surface area contributed by atoms with Crippen molar-refractivity contribution in [3.63, 3.8) is 0 Å². The standard InChI is InChI=1S/C31H33N5O6S/c1-20-15-25(18-26-28(20)33-19-27(30(32)38)29(26)34-22-6-4-7-23(17-22)42-2)43(40,41)24-8-3-5-21(16-24)31(39)36-11-9-35(10-12-36)13-14-37/h3-8,15-19,37H,9-14H2,1-2H3,(H2,32,38)(H,33,34). The number of aliphatic hydroxyl groups is 1. The highest BCUT2D eigenvalue weighted by Gasteiger charge is 2.26. The minimum atomic E-state index is -4.09. The molecule has 12 heteroatoms. The molecule has 2 amide bonds. The summed E-state index contributed by atoms with van der Waals surface area (Å²) in [5, 5.41) is 12.8. The van der Waals surface area contributed by atoms with E-state index >= 15 is 0 Å². The van der Waals surface area contributed by atoms with Gasteiger partial charge in [0.05, 0.1) is 40.3 Å². The molecule has 3 aromatic carbocycles. The summed E-state index contributed by atoms with van der Waals surface area (Å²) in [6.07, 6.45) is 1.37. The first kappa shape index (κ1) is 30.0. The fourth-order valence-corrected chi connectivity index (χ4v) is 6.62. The minimum absolute atomic E-state index is 0.0168. The molecule has 11 nitrogen and oxygen atoms in total. The van der Waals surface area contributed by atoms with E-state index < -0.39 is 15.7 Å². The number of aromatic nitrogens is 1. The van der Waals surface area contributed by atoms with E-state index in [4.69, 9.17) is 10.5 Å². The number of piperazine rings is 1. The highest BCUT2D eigenvalue weighted by Crippen LogP contribution is 2.35. The number of ether oxygens (including phenoxy) is 1. The third-order valence-electron chi connectivity index (χ3n) is 7.52. The number of β-amino-alcohol motifs (C(OH)–C–C–N with tert-alkyl or cyclic N) is 1. The molecule has 43 heavy (non-hydrogen) atoms. The maximum Gasteiger partial charge on any atom is 0.253 e. The molecule has 1 fully saturated rings. The number of nitrogens with zero attached hydrogens (tertiary/aromatic N) is 3. The number of amides is 2. The van der Waals surface area contributed by atoms with Crippen LogP contribution in [0.2, 0.25) is 0 Å². The van der Waals surface area contributed by atoms with Crippen LogP contribution in [-0.4, -0.2) is 86.6 Å². The number of sulfone groups is 1. The second kappa shape index (κ2) is 12.4. The molecule has 4 N–H and O–H groups in total. The summed E-state index contributed by atoms with van der Waals surface area (Å²) in [6.45, 7) is 4.58. The normalized spacial score (nSPS) is 14.1. The highest BCUT2D eigenvalue weighted by molar-refractivity contribution is 7.91. The molecule has 4 aromatic rings. The van der Waals surface area contributed by atoms with Gasteiger partial charge in [-0.1, -0.05) is 12.1 Å². The Hall–Kier alpha value is -4.52. The van der Waals surface area contributed by atoms with Gasteiger partial charge in [0.15, 0.2) is 0 Å². The lowest BCUT2D eigenvalue weighted by atomic mass is 10.1. The number of pyridine rings is 1. The molecule has 1 aliphatic heterocycles. The van der Waals surface area contributed by atoms with E-state index in [1.165, 1.54) is 37.6 Å². The molecular formula is C31H33N5O6S. The molecule has 0 bridgehead atoms. The highest BCUT2D eigenvalue weighted by atomic mass is 32.2. The predicted molar refractivity (Wildman–Crippen MR) is 163 cm³/mol. The van der Waals surface area contributed by atoms with Gasteiger partial charge in [-0.2, -0.15) is 0 Å². The molecule has 1 aromatic heterocycles. The van der Waals surface area contributed by atoms with E-state index in [2.05, 4.69) is 15.2 Å². The Bertz CT molecular complexity index is 1800. The molecule has 0 saturated carbocycles. The first-order chi connectivity index (χ1) is 20.6. The van der Waals surface area contributed by atoms with Crippen molar-refractivity contribution in [1.82, 2.24) is 14.8 Å². The summed E-state index contributed by atoms with van der Waals surface area (Å²) < 4.78 is 33.2. The number of carbonyl (C=O) groups excluding carboxylic acids is 2. The number of hydrogen-bond acceptors (Lipinski definition) is 9. The average molecular weight is 604 g/mol. The number of nitrogens with two attached hydrogens (primary N) is 1. The van der Waals surface area contributed by atoms with Crippen LogP contribution in [-0.2, 0) is 9.84 Å². The number of fused-ring (bicyclic) bond motifs is 1. The predicted octanol–water partition coefficient (Wildman–Crippen LogP) is 2.98. The van der Waals surface area contributed by atoms with Gasteiger partial charge < -0.3 is 25.8 Å². The minimum Gasteiger partial charge on any atom is -0.497 e. The number of carbonyl (C=O) groups is 2. The number of aryl methyl sites for hydroxylation is 1. The lowest BCUT2D eigenvalue weighted by molar-refractivity contribution is 0.0614. The van der Waals surface area contributed by atoms with E-state index in [1.807, 2.05) is 0 Å². The van der Waals surface area contributed by atoms with Crippen molar-refractivity contribution in [3.8, 4) is 5.75 Å². The van der Waals surface area contributed by atoms with Gasteiger partial charge in [0.1, 0.15) is 5.75 Å². The van der Waals surface area contributed by atoms with E-state index in [1.54, 1.807) is 48.2 Å². The van der Waals surface area contributed by atoms with Crippen LogP contribution in [0.4, 0.5) is 11.4 Å². The van der Waals surface area contributed by atoms with Crippen LogP contribution in [0.15, 0.2) is 76.7 Å². The maximum atomic E-state index is 14.0. The zero-order valence-electron chi connectivity index (χ0n) is 23.9. The monoisotopic (exact) mass is 603 g/mol. The summed E-state index contributed by atoms with van der Waals surface area (Å²) in [5.41, 5.74) is 8.04. The van der Waals surface area contributed by atoms with Gasteiger partial charge in [0, 0.05) is 61.6 Å². The largest absolute Gasteiger partial charge is 0.497 e. The quantitative estimate of drug-likeness (QED) is 0.262. The van der Waals surface area contributed by atoms with E-state index in [0.29, 0.717) is 66.3 Å². The zero-order chi connectivity index (χ0) is 30.7. The number of aliphatic hydroxyl groups excluding tert-OH is 1. The Morgan fingerprint density at radius 1 is 1.02 bits per heavy atom. The Balaban J connectivity index is 1.54. The van der Waals surface area contributed by atoms with Crippen molar-refractivity contribution in [3.05, 3.63) is 83.6 Å². The molecule has 0 aliphatic carbocycles. The van der Waals surface area contributed by atoms with Crippen LogP contribution >= 0.6 is 0 Å². The van der Waals surface area contributed by atoms with Crippen LogP contribution in [0.25, 0.3) is 10.9 Å². The average Bonchev–Trinajstić information content (AvgIpc) is 3.01. The van der Waals surface area contributed by atoms with E-state index in [0.717, 1.165) is 0 Å². The fourth-order valence-electron chi connectivity index (χ4n) is 5.20. The van der Waals surface area contributed by atoms with Gasteiger partial charge in [-0.3, -0.25) is 19.5 Å². The first-order valence-electron chi connectivity index (χ1n) is 13.7. The summed E-state index contributed by atoms with van der Waals surface area (Å²) in [4.78, 5) is 33.8. The lowest BCUT2D eigenvalue weighted by Gasteiger charge is -2.34. The Kier molecular flexibility index (Phi) is 8.62. The fraction of sp³-hybridized carbons (Fsp3) is 0.258. The zero-order valence-corrected chi connectivity index (χ0v) is 24.7. The molecule has 0 atom stereocenters. The van der Waals surface area contributed by atoms with Crippen LogP contribution in [0.5, 0.6) is 5.75 Å². The molecule has 5 rings (SSSR count). The summed E-state index contributed by atoms with van der Waals surface area (Å²) in [5.74, 6) is -0.394. The number of rotatable bonds is 9. The van der Waals surface area contributed by atoms with Crippen LogP contribution in [0.3, 0.4) is 0 Å². The van der Waals surface area contributed by atoms with Gasteiger partial charge in [0.2, 0.25) is 9.84 Å². The maximum absolute atomic E-state index is 14.0. The number of methoxy groups -OCH3 is 1. The Labute approximate surface area is 249 Å². The van der Waals surface area contributed by atoms with Crippen LogP contribution < -0.4 is 15.8 Å². The van der Waals surface area contributed by atoms with Crippen molar-refractivity contribution in [2.45, 2.75) is 16.7 Å². The smallest absolute Gasteiger partial charge is 0.253 e. The van der Waals surface area contributed by atoms with Crippen molar-refractivity contribution < 1.29 is 27.9 Å². The van der Waals surface area contributed by atoms with Gasteiger partial charge in [0.25, 0.3) is 11.8 Å². The van der Waals surface area contributed by atoms with Gasteiger partial charge >= 0.3 is 0 Å². The summed E-state index contributed by atoms with van der Waals surface area (Å²) >= 11 is 0. The van der Waals surface area contributed by atoms with Crippen molar-refractivity contribution in [2.24, 2.45) is 5.73 Å². The number of anilines is 2. The Morgan fingerprint density at radius 2 is 1.77 bits per heavy atom. The topological polar surface area (TPSA) is 155 Å². The summed E-state index contributed by atoms with van der Waals surface area (Å²) in [6, 6.07) is 16.1. The number of primary amides is 1. The summed E-state index contributed by atoms with van der Waals surface area (Å²) in [7, 11) is -2.55. The number of benzene rings is 3. The molecule has 224 valence electrons. The van der Waals surface area contributed by atoms with Crippen LogP contribution in [0, 0.1) is 6.92 Å². The van der Waals surface area contributed by atoms with Crippen molar-refractivity contribution in [1.29, 1.82) is 0 Å². The Morgan fingerprint density at radius 3 is 2.47 bits per heavy atom. The third kappa shape index (κ3) is 6.17. The second-order valence-electron chi connectivity index (χ2n) is 10.3. The second-order valence-corrected chi connectivity index (χ2v) is 12.2. The molecule has 0 unspecified atom stereocenters. The molecule has 2 heterocycles. The first-order valence-corrected chi connectivity index (χ1v) is 15.2. The molecule has 1 aliphatic rings. The van der Waals surface area contributed by atoms with E-state index in [9.17, 15) is 23.1 Å². The van der Waals surface area contributed by atoms with Crippen LogP contribution in [0.1, 0.15) is 26.3 Å². The van der Waals surface area contributed by atoms with Gasteiger partial charge in [-0.15, -0.1) is 0 Å². The molecule has 0 radical (unpaired) electrons. The molecule has 1 saturated heterocycles. The van der Waals surface area contributed by atoms with Gasteiger partial charge in [-0.05, 0) is 55.0 Å². The number of hydrogen-bond donors (Lipinski definition) is 3. The number of nitrogens with one attached hydrogen (secondary N) is 1. The third-order valence-corrected chi connectivity index (χ3v) is 9.25. The van der Waals surface area contributed by atoms with Gasteiger partial charge in [-0.25, -0.2) is 8.42 Å². The van der Waals surface area contributed by atoms with Crippen molar-refractivity contribution in [2.75, 3.05) is 51.8 Å². The molecule has 0 spiro atoms. The lowest BCUT2D eigenvalue weighted by Crippen LogP contribution is -2.49. The van der Waals surface area contributed by atoms with Crippen molar-refractivity contribution >= 4 is 43.9 Å².